The zero-order chi connectivity index (χ0) is 15.0. The maximum absolute atomic E-state index is 5.99. The SMILES string of the molecule is CCCNC1CC(OCCC(C)(C)OC)C1OCCC. The number of ether oxygens (including phenoxy) is 3. The largest absolute Gasteiger partial charge is 0.379 e. The normalized spacial score (nSPS) is 26.6. The lowest BCUT2D eigenvalue weighted by atomic mass is 9.85. The molecule has 0 heterocycles. The van der Waals surface area contributed by atoms with E-state index in [2.05, 4.69) is 33.0 Å². The van der Waals surface area contributed by atoms with Gasteiger partial charge in [-0.05, 0) is 46.1 Å². The highest BCUT2D eigenvalue weighted by Crippen LogP contribution is 2.28. The van der Waals surface area contributed by atoms with Crippen LogP contribution in [0.4, 0.5) is 0 Å². The molecule has 3 atom stereocenters. The van der Waals surface area contributed by atoms with E-state index in [-0.39, 0.29) is 17.8 Å². The highest BCUT2D eigenvalue weighted by Gasteiger charge is 2.42. The van der Waals surface area contributed by atoms with Crippen LogP contribution in [0.5, 0.6) is 0 Å². The molecule has 0 radical (unpaired) electrons. The summed E-state index contributed by atoms with van der Waals surface area (Å²) in [6.07, 6.45) is 4.64. The molecule has 1 N–H and O–H groups in total. The summed E-state index contributed by atoms with van der Waals surface area (Å²) < 4.78 is 17.3. The van der Waals surface area contributed by atoms with Crippen molar-refractivity contribution < 1.29 is 14.2 Å². The van der Waals surface area contributed by atoms with Crippen molar-refractivity contribution in [2.45, 2.75) is 77.2 Å². The van der Waals surface area contributed by atoms with Crippen LogP contribution in [0.15, 0.2) is 0 Å². The van der Waals surface area contributed by atoms with Crippen molar-refractivity contribution >= 4 is 0 Å². The molecular formula is C16H33NO3. The van der Waals surface area contributed by atoms with Crippen LogP contribution in [-0.2, 0) is 14.2 Å². The van der Waals surface area contributed by atoms with Crippen LogP contribution in [-0.4, -0.2) is 50.7 Å². The zero-order valence-corrected chi connectivity index (χ0v) is 13.9. The van der Waals surface area contributed by atoms with Gasteiger partial charge < -0.3 is 19.5 Å². The van der Waals surface area contributed by atoms with Gasteiger partial charge in [-0.3, -0.25) is 0 Å². The van der Waals surface area contributed by atoms with E-state index in [0.29, 0.717) is 6.04 Å². The molecule has 4 nitrogen and oxygen atoms in total. The lowest BCUT2D eigenvalue weighted by Gasteiger charge is -2.44. The third-order valence-corrected chi connectivity index (χ3v) is 4.01. The second-order valence-corrected chi connectivity index (χ2v) is 6.25. The predicted molar refractivity (Wildman–Crippen MR) is 82.2 cm³/mol. The van der Waals surface area contributed by atoms with Crippen molar-refractivity contribution in [2.75, 3.05) is 26.9 Å². The zero-order valence-electron chi connectivity index (χ0n) is 13.9. The van der Waals surface area contributed by atoms with Crippen LogP contribution in [0.25, 0.3) is 0 Å². The van der Waals surface area contributed by atoms with E-state index >= 15 is 0 Å². The molecule has 1 aliphatic carbocycles. The Kier molecular flexibility index (Phi) is 8.03. The van der Waals surface area contributed by atoms with Crippen molar-refractivity contribution in [2.24, 2.45) is 0 Å². The third-order valence-electron chi connectivity index (χ3n) is 4.01. The molecule has 4 heteroatoms. The molecule has 20 heavy (non-hydrogen) atoms. The Morgan fingerprint density at radius 1 is 1.10 bits per heavy atom. The molecule has 0 bridgehead atoms. The minimum absolute atomic E-state index is 0.108. The summed E-state index contributed by atoms with van der Waals surface area (Å²) in [7, 11) is 1.75. The van der Waals surface area contributed by atoms with Crippen LogP contribution in [0, 0.1) is 0 Å². The first-order valence-corrected chi connectivity index (χ1v) is 8.05. The first-order valence-electron chi connectivity index (χ1n) is 8.05. The highest BCUT2D eigenvalue weighted by molar-refractivity contribution is 4.97. The van der Waals surface area contributed by atoms with Crippen molar-refractivity contribution in [1.29, 1.82) is 0 Å². The van der Waals surface area contributed by atoms with Gasteiger partial charge in [-0.15, -0.1) is 0 Å². The van der Waals surface area contributed by atoms with E-state index in [0.717, 1.165) is 45.4 Å². The second-order valence-electron chi connectivity index (χ2n) is 6.25. The van der Waals surface area contributed by atoms with Gasteiger partial charge in [-0.25, -0.2) is 0 Å². The molecule has 3 unspecified atom stereocenters. The van der Waals surface area contributed by atoms with Gasteiger partial charge in [0.2, 0.25) is 0 Å². The molecule has 0 amide bonds. The smallest absolute Gasteiger partial charge is 0.0990 e. The van der Waals surface area contributed by atoms with Gasteiger partial charge in [-0.1, -0.05) is 13.8 Å². The summed E-state index contributed by atoms with van der Waals surface area (Å²) >= 11 is 0. The minimum atomic E-state index is -0.108. The molecule has 0 aliphatic heterocycles. The van der Waals surface area contributed by atoms with E-state index in [1.165, 1.54) is 0 Å². The Labute approximate surface area is 124 Å². The van der Waals surface area contributed by atoms with Crippen molar-refractivity contribution in [1.82, 2.24) is 5.32 Å². The first-order chi connectivity index (χ1) is 9.54. The number of rotatable bonds is 11. The monoisotopic (exact) mass is 287 g/mol. The summed E-state index contributed by atoms with van der Waals surface area (Å²) in [5, 5.41) is 3.55. The molecular weight excluding hydrogens is 254 g/mol. The van der Waals surface area contributed by atoms with Crippen LogP contribution in [0.2, 0.25) is 0 Å². The fourth-order valence-corrected chi connectivity index (χ4v) is 2.31. The van der Waals surface area contributed by atoms with Gasteiger partial charge in [0, 0.05) is 26.4 Å². The van der Waals surface area contributed by atoms with Gasteiger partial charge in [-0.2, -0.15) is 0 Å². The van der Waals surface area contributed by atoms with Crippen LogP contribution in [0.1, 0.15) is 53.4 Å². The standard InChI is InChI=1S/C16H33NO3/c1-6-9-17-13-12-14(15(13)20-10-7-2)19-11-8-16(3,4)18-5/h13-15,17H,6-12H2,1-5H3. The summed E-state index contributed by atoms with van der Waals surface area (Å²) in [5.74, 6) is 0. The fourth-order valence-electron chi connectivity index (χ4n) is 2.31. The topological polar surface area (TPSA) is 39.7 Å². The van der Waals surface area contributed by atoms with Crippen molar-refractivity contribution in [3.63, 3.8) is 0 Å². The van der Waals surface area contributed by atoms with E-state index in [4.69, 9.17) is 14.2 Å². The Morgan fingerprint density at radius 2 is 1.85 bits per heavy atom. The van der Waals surface area contributed by atoms with Gasteiger partial charge >= 0.3 is 0 Å². The van der Waals surface area contributed by atoms with Crippen molar-refractivity contribution in [3.8, 4) is 0 Å². The van der Waals surface area contributed by atoms with E-state index < -0.39 is 0 Å². The molecule has 1 rings (SSSR count). The van der Waals surface area contributed by atoms with Gasteiger partial charge in [0.25, 0.3) is 0 Å². The summed E-state index contributed by atoms with van der Waals surface area (Å²) in [6, 6.07) is 0.460. The van der Waals surface area contributed by atoms with Crippen LogP contribution in [0.3, 0.4) is 0 Å². The maximum atomic E-state index is 5.99. The maximum Gasteiger partial charge on any atom is 0.0990 e. The first kappa shape index (κ1) is 17.9. The van der Waals surface area contributed by atoms with Crippen LogP contribution >= 0.6 is 0 Å². The lowest BCUT2D eigenvalue weighted by Crippen LogP contribution is -2.60. The molecule has 1 fully saturated rings. The number of methoxy groups -OCH3 is 1. The minimum Gasteiger partial charge on any atom is -0.379 e. The van der Waals surface area contributed by atoms with E-state index in [1.54, 1.807) is 7.11 Å². The lowest BCUT2D eigenvalue weighted by molar-refractivity contribution is -0.153. The molecule has 1 aliphatic rings. The average Bonchev–Trinajstić information content (AvgIpc) is 2.41. The molecule has 0 aromatic heterocycles. The molecule has 0 aromatic carbocycles. The molecule has 0 spiro atoms. The second kappa shape index (κ2) is 8.98. The molecule has 1 saturated carbocycles. The van der Waals surface area contributed by atoms with Gasteiger partial charge in [0.15, 0.2) is 0 Å². The van der Waals surface area contributed by atoms with E-state index in [1.807, 2.05) is 0 Å². The third kappa shape index (κ3) is 5.68. The molecule has 0 aromatic rings. The van der Waals surface area contributed by atoms with Crippen molar-refractivity contribution in [3.05, 3.63) is 0 Å². The molecule has 0 saturated heterocycles. The Morgan fingerprint density at radius 3 is 2.45 bits per heavy atom. The molecule has 120 valence electrons. The van der Waals surface area contributed by atoms with Gasteiger partial charge in [0.05, 0.1) is 17.8 Å². The van der Waals surface area contributed by atoms with Gasteiger partial charge in [0.1, 0.15) is 0 Å². The fraction of sp³-hybridized carbons (Fsp3) is 1.00. The highest BCUT2D eigenvalue weighted by atomic mass is 16.5. The summed E-state index contributed by atoms with van der Waals surface area (Å²) in [5.41, 5.74) is -0.108. The average molecular weight is 287 g/mol. The Balaban J connectivity index is 2.29. The predicted octanol–water partition coefficient (Wildman–Crippen LogP) is 2.75. The van der Waals surface area contributed by atoms with E-state index in [9.17, 15) is 0 Å². The number of nitrogens with one attached hydrogen (secondary N) is 1. The summed E-state index contributed by atoms with van der Waals surface area (Å²) in [6.45, 7) is 11.1. The Bertz CT molecular complexity index is 258. The quantitative estimate of drug-likeness (QED) is 0.634. The van der Waals surface area contributed by atoms with Crippen LogP contribution < -0.4 is 5.32 Å². The summed E-state index contributed by atoms with van der Waals surface area (Å²) in [4.78, 5) is 0. The number of hydrogen-bond donors (Lipinski definition) is 1. The Hall–Kier alpha value is -0.160. The number of hydrogen-bond acceptors (Lipinski definition) is 4.